The van der Waals surface area contributed by atoms with E-state index in [9.17, 15) is 13.2 Å². The predicted molar refractivity (Wildman–Crippen MR) is 65.2 cm³/mol. The highest BCUT2D eigenvalue weighted by molar-refractivity contribution is 9.10. The van der Waals surface area contributed by atoms with Crippen molar-refractivity contribution in [1.29, 1.82) is 10.5 Å². The number of nitrogens with zero attached hydrogens (tertiary/aromatic N) is 2. The molecular weight excluding hydrogens is 325 g/mol. The number of nitrogens with one attached hydrogen (secondary N) is 2. The zero-order valence-corrected chi connectivity index (χ0v) is 10.8. The van der Waals surface area contributed by atoms with Crippen LogP contribution in [0.3, 0.4) is 0 Å². The molecule has 19 heavy (non-hydrogen) atoms. The first-order valence-corrected chi connectivity index (χ1v) is 5.56. The first-order chi connectivity index (χ1) is 8.88. The Kier molecular flexibility index (Phi) is 4.79. The van der Waals surface area contributed by atoms with Gasteiger partial charge in [-0.15, -0.1) is 0 Å². The summed E-state index contributed by atoms with van der Waals surface area (Å²) < 4.78 is 37.4. The van der Waals surface area contributed by atoms with Gasteiger partial charge in [-0.1, -0.05) is 0 Å². The molecule has 0 radical (unpaired) electrons. The maximum Gasteiger partial charge on any atom is 0.416 e. The number of alkyl halides is 3. The van der Waals surface area contributed by atoms with Gasteiger partial charge in [0.15, 0.2) is 0 Å². The van der Waals surface area contributed by atoms with Crippen LogP contribution in [0, 0.1) is 22.7 Å². The van der Waals surface area contributed by atoms with Crippen molar-refractivity contribution in [2.45, 2.75) is 6.18 Å². The van der Waals surface area contributed by atoms with Gasteiger partial charge in [-0.3, -0.25) is 0 Å². The van der Waals surface area contributed by atoms with Gasteiger partial charge in [0.1, 0.15) is 17.7 Å². The van der Waals surface area contributed by atoms with Crippen LogP contribution >= 0.6 is 15.9 Å². The van der Waals surface area contributed by atoms with Crippen molar-refractivity contribution < 1.29 is 13.2 Å². The molecule has 1 aromatic rings. The lowest BCUT2D eigenvalue weighted by molar-refractivity contribution is -0.137. The van der Waals surface area contributed by atoms with Gasteiger partial charge in [0.25, 0.3) is 0 Å². The fourth-order valence-electron chi connectivity index (χ4n) is 1.07. The van der Waals surface area contributed by atoms with Crippen LogP contribution in [0.4, 0.5) is 18.9 Å². The molecule has 0 fully saturated rings. The Balaban J connectivity index is 2.81. The lowest BCUT2D eigenvalue weighted by Gasteiger charge is -2.11. The van der Waals surface area contributed by atoms with Crippen LogP contribution in [0.5, 0.6) is 0 Å². The fraction of sp³-hybridized carbons (Fsp3) is 0.0909. The second-order valence-electron chi connectivity index (χ2n) is 3.24. The van der Waals surface area contributed by atoms with E-state index in [2.05, 4.69) is 26.8 Å². The molecule has 1 rings (SSSR count). The minimum absolute atomic E-state index is 0.171. The zero-order chi connectivity index (χ0) is 14.5. The van der Waals surface area contributed by atoms with Gasteiger partial charge in [-0.05, 0) is 34.1 Å². The molecule has 4 nitrogen and oxygen atoms in total. The summed E-state index contributed by atoms with van der Waals surface area (Å²) in [7, 11) is 0. The number of hydrogen-bond donors (Lipinski definition) is 2. The molecule has 1 aromatic carbocycles. The van der Waals surface area contributed by atoms with Crippen molar-refractivity contribution in [1.82, 2.24) is 5.43 Å². The summed E-state index contributed by atoms with van der Waals surface area (Å²) in [4.78, 5) is 0. The van der Waals surface area contributed by atoms with Crippen LogP contribution < -0.4 is 10.9 Å². The number of hydrogen-bond acceptors (Lipinski definition) is 4. The number of benzene rings is 1. The molecule has 0 spiro atoms. The number of rotatable bonds is 3. The molecule has 98 valence electrons. The van der Waals surface area contributed by atoms with Gasteiger partial charge >= 0.3 is 6.18 Å². The highest BCUT2D eigenvalue weighted by Gasteiger charge is 2.30. The summed E-state index contributed by atoms with van der Waals surface area (Å²) in [5.41, 5.74) is 4.36. The van der Waals surface area contributed by atoms with Crippen molar-refractivity contribution >= 4 is 21.6 Å². The molecule has 0 aliphatic rings. The third-order valence-electron chi connectivity index (χ3n) is 1.96. The Bertz CT molecular complexity index is 565. The van der Waals surface area contributed by atoms with Gasteiger partial charge in [-0.25, -0.2) is 0 Å². The SMILES string of the molecule is N#CC(C#N)=CNNc1ccc(C(F)(F)F)cc1Br. The predicted octanol–water partition coefficient (Wildman–Crippen LogP) is 3.32. The zero-order valence-electron chi connectivity index (χ0n) is 9.22. The van der Waals surface area contributed by atoms with E-state index in [1.54, 1.807) is 12.1 Å². The van der Waals surface area contributed by atoms with Crippen LogP contribution in [0.15, 0.2) is 34.4 Å². The maximum atomic E-state index is 12.4. The van der Waals surface area contributed by atoms with E-state index in [1.807, 2.05) is 0 Å². The summed E-state index contributed by atoms with van der Waals surface area (Å²) in [6.45, 7) is 0. The van der Waals surface area contributed by atoms with Crippen molar-refractivity contribution in [3.8, 4) is 12.1 Å². The van der Waals surface area contributed by atoms with Crippen LogP contribution in [0.1, 0.15) is 5.56 Å². The number of allylic oxidation sites excluding steroid dienone is 1. The van der Waals surface area contributed by atoms with Gasteiger partial charge in [0, 0.05) is 10.7 Å². The van der Waals surface area contributed by atoms with E-state index in [-0.39, 0.29) is 10.0 Å². The standard InChI is InChI=1S/C11H6BrF3N4/c12-9-3-8(11(13,14)15)1-2-10(9)19-18-6-7(4-16)5-17/h1-3,6,18-19H. The highest BCUT2D eigenvalue weighted by atomic mass is 79.9. The molecule has 0 aliphatic heterocycles. The number of hydrazine groups is 1. The molecule has 0 saturated carbocycles. The number of halogens is 4. The molecule has 0 aromatic heterocycles. The van der Waals surface area contributed by atoms with Crippen molar-refractivity contribution in [3.63, 3.8) is 0 Å². The fourth-order valence-corrected chi connectivity index (χ4v) is 1.55. The maximum absolute atomic E-state index is 12.4. The summed E-state index contributed by atoms with van der Waals surface area (Å²) >= 11 is 2.99. The number of anilines is 1. The van der Waals surface area contributed by atoms with Crippen LogP contribution in [-0.4, -0.2) is 0 Å². The molecule has 0 atom stereocenters. The van der Waals surface area contributed by atoms with Crippen molar-refractivity contribution in [2.75, 3.05) is 5.43 Å². The second-order valence-corrected chi connectivity index (χ2v) is 4.10. The average Bonchev–Trinajstić information content (AvgIpc) is 2.35. The lowest BCUT2D eigenvalue weighted by Crippen LogP contribution is -2.16. The minimum Gasteiger partial charge on any atom is -0.306 e. The molecule has 0 unspecified atom stereocenters. The monoisotopic (exact) mass is 330 g/mol. The molecule has 0 amide bonds. The van der Waals surface area contributed by atoms with E-state index < -0.39 is 11.7 Å². The van der Waals surface area contributed by atoms with E-state index in [0.29, 0.717) is 5.69 Å². The Labute approximate surface area is 115 Å². The Morgan fingerprint density at radius 1 is 1.26 bits per heavy atom. The molecule has 0 heterocycles. The quantitative estimate of drug-likeness (QED) is 0.658. The van der Waals surface area contributed by atoms with E-state index >= 15 is 0 Å². The van der Waals surface area contributed by atoms with Gasteiger partial charge in [-0.2, -0.15) is 23.7 Å². The summed E-state index contributed by atoms with van der Waals surface area (Å²) in [6, 6.07) is 6.28. The Morgan fingerprint density at radius 3 is 2.37 bits per heavy atom. The largest absolute Gasteiger partial charge is 0.416 e. The van der Waals surface area contributed by atoms with Gasteiger partial charge < -0.3 is 10.9 Å². The summed E-state index contributed by atoms with van der Waals surface area (Å²) in [5, 5.41) is 16.9. The topological polar surface area (TPSA) is 71.6 Å². The van der Waals surface area contributed by atoms with Crippen LogP contribution in [-0.2, 0) is 6.18 Å². The molecule has 0 bridgehead atoms. The minimum atomic E-state index is -4.41. The lowest BCUT2D eigenvalue weighted by atomic mass is 10.2. The molecule has 2 N–H and O–H groups in total. The third kappa shape index (κ3) is 4.19. The highest BCUT2D eigenvalue weighted by Crippen LogP contribution is 2.33. The van der Waals surface area contributed by atoms with Gasteiger partial charge in [0.2, 0.25) is 0 Å². The normalized spacial score (nSPS) is 10.0. The first kappa shape index (κ1) is 14.9. The first-order valence-electron chi connectivity index (χ1n) is 4.77. The third-order valence-corrected chi connectivity index (χ3v) is 2.62. The van der Waals surface area contributed by atoms with E-state index in [1.165, 1.54) is 6.07 Å². The Hall–Kier alpha value is -2.19. The van der Waals surface area contributed by atoms with E-state index in [0.717, 1.165) is 18.3 Å². The average molecular weight is 331 g/mol. The Morgan fingerprint density at radius 2 is 1.89 bits per heavy atom. The molecule has 8 heteroatoms. The van der Waals surface area contributed by atoms with Crippen molar-refractivity contribution in [3.05, 3.63) is 40.0 Å². The smallest absolute Gasteiger partial charge is 0.306 e. The van der Waals surface area contributed by atoms with E-state index in [4.69, 9.17) is 10.5 Å². The molecule has 0 aliphatic carbocycles. The number of nitriles is 2. The summed E-state index contributed by atoms with van der Waals surface area (Å²) in [5.74, 6) is 0. The van der Waals surface area contributed by atoms with Gasteiger partial charge in [0.05, 0.1) is 11.3 Å². The van der Waals surface area contributed by atoms with Crippen LogP contribution in [0.2, 0.25) is 0 Å². The van der Waals surface area contributed by atoms with Crippen LogP contribution in [0.25, 0.3) is 0 Å². The molecular formula is C11H6BrF3N4. The molecule has 0 saturated heterocycles. The second kappa shape index (κ2) is 6.12. The summed E-state index contributed by atoms with van der Waals surface area (Å²) in [6.07, 6.45) is -3.31. The van der Waals surface area contributed by atoms with Crippen molar-refractivity contribution in [2.24, 2.45) is 0 Å².